The molecule has 0 bridgehead atoms. The molecule has 2 fully saturated rings. The fourth-order valence-corrected chi connectivity index (χ4v) is 4.31. The fourth-order valence-electron chi connectivity index (χ4n) is 4.02. The predicted molar refractivity (Wildman–Crippen MR) is 111 cm³/mol. The van der Waals surface area contributed by atoms with E-state index in [1.54, 1.807) is 0 Å². The first kappa shape index (κ1) is 19.0. The van der Waals surface area contributed by atoms with Gasteiger partial charge in [-0.15, -0.1) is 0 Å². The van der Waals surface area contributed by atoms with Crippen LogP contribution in [0.3, 0.4) is 0 Å². The van der Waals surface area contributed by atoms with E-state index in [1.807, 2.05) is 0 Å². The third-order valence-corrected chi connectivity index (χ3v) is 5.92. The molecule has 27 heavy (non-hydrogen) atoms. The summed E-state index contributed by atoms with van der Waals surface area (Å²) < 4.78 is 6.10. The number of aliphatic hydroxyl groups excluding tert-OH is 1. The van der Waals surface area contributed by atoms with Gasteiger partial charge in [-0.25, -0.2) is 0 Å². The smallest absolute Gasteiger partial charge is 0.145 e. The number of benzene rings is 2. The third-order valence-electron chi connectivity index (χ3n) is 5.64. The molecule has 1 unspecified atom stereocenters. The number of hydrogen-bond acceptors (Lipinski definition) is 4. The molecule has 4 rings (SSSR count). The molecular weight excluding hydrogens is 360 g/mol. The van der Waals surface area contributed by atoms with Gasteiger partial charge < -0.3 is 15.2 Å². The van der Waals surface area contributed by atoms with Crippen LogP contribution < -0.4 is 10.1 Å². The first-order chi connectivity index (χ1) is 13.2. The first-order valence-corrected chi connectivity index (χ1v) is 10.5. The van der Waals surface area contributed by atoms with Crippen molar-refractivity contribution in [1.29, 1.82) is 0 Å². The molecule has 0 radical (unpaired) electrons. The molecule has 0 spiro atoms. The second-order valence-electron chi connectivity index (χ2n) is 7.90. The Kier molecular flexibility index (Phi) is 6.18. The van der Waals surface area contributed by atoms with Gasteiger partial charge in [-0.1, -0.05) is 35.9 Å². The van der Waals surface area contributed by atoms with Crippen LogP contribution in [0.2, 0.25) is 5.02 Å². The molecule has 2 aromatic carbocycles. The number of fused-ring (bicyclic) bond motifs is 1. The quantitative estimate of drug-likeness (QED) is 0.721. The number of piperidine rings is 1. The minimum atomic E-state index is 0.194. The van der Waals surface area contributed by atoms with E-state index in [2.05, 4.69) is 40.5 Å². The molecule has 1 saturated carbocycles. The van der Waals surface area contributed by atoms with E-state index in [9.17, 15) is 0 Å². The molecule has 5 heteroatoms. The van der Waals surface area contributed by atoms with Crippen molar-refractivity contribution in [2.75, 3.05) is 32.8 Å². The SMILES string of the molecule is OCCNC1CCCN(Cc2cc(Cl)c(OCC3CC3)c3ccccc23)C1. The third kappa shape index (κ3) is 4.75. The number of halogens is 1. The van der Waals surface area contributed by atoms with Crippen molar-refractivity contribution in [2.24, 2.45) is 5.92 Å². The van der Waals surface area contributed by atoms with Crippen molar-refractivity contribution < 1.29 is 9.84 Å². The van der Waals surface area contributed by atoms with Crippen molar-refractivity contribution >= 4 is 22.4 Å². The van der Waals surface area contributed by atoms with E-state index < -0.39 is 0 Å². The molecule has 146 valence electrons. The Morgan fingerprint density at radius 2 is 2.00 bits per heavy atom. The van der Waals surface area contributed by atoms with Gasteiger partial charge in [0.2, 0.25) is 0 Å². The van der Waals surface area contributed by atoms with Gasteiger partial charge >= 0.3 is 0 Å². The van der Waals surface area contributed by atoms with Gasteiger partial charge in [-0.2, -0.15) is 0 Å². The van der Waals surface area contributed by atoms with E-state index in [-0.39, 0.29) is 6.61 Å². The van der Waals surface area contributed by atoms with Gasteiger partial charge in [0.25, 0.3) is 0 Å². The lowest BCUT2D eigenvalue weighted by Crippen LogP contribution is -2.46. The Morgan fingerprint density at radius 1 is 1.19 bits per heavy atom. The number of nitrogens with one attached hydrogen (secondary N) is 1. The zero-order valence-electron chi connectivity index (χ0n) is 15.8. The van der Waals surface area contributed by atoms with Crippen LogP contribution in [0, 0.1) is 5.92 Å². The summed E-state index contributed by atoms with van der Waals surface area (Å²) in [6.07, 6.45) is 4.89. The summed E-state index contributed by atoms with van der Waals surface area (Å²) in [6, 6.07) is 11.0. The van der Waals surface area contributed by atoms with Crippen molar-refractivity contribution in [1.82, 2.24) is 10.2 Å². The van der Waals surface area contributed by atoms with Gasteiger partial charge in [-0.3, -0.25) is 4.90 Å². The number of ether oxygens (including phenoxy) is 1. The first-order valence-electron chi connectivity index (χ1n) is 10.1. The maximum Gasteiger partial charge on any atom is 0.145 e. The van der Waals surface area contributed by atoms with Gasteiger partial charge in [0.05, 0.1) is 18.2 Å². The minimum absolute atomic E-state index is 0.194. The van der Waals surface area contributed by atoms with E-state index in [0.717, 1.165) is 42.4 Å². The topological polar surface area (TPSA) is 44.7 Å². The van der Waals surface area contributed by atoms with Crippen molar-refractivity contribution in [3.05, 3.63) is 40.9 Å². The lowest BCUT2D eigenvalue weighted by atomic mass is 10.0. The van der Waals surface area contributed by atoms with Gasteiger partial charge in [0.15, 0.2) is 0 Å². The fraction of sp³-hybridized carbons (Fsp3) is 0.545. The summed E-state index contributed by atoms with van der Waals surface area (Å²) in [7, 11) is 0. The van der Waals surface area contributed by atoms with Crippen molar-refractivity contribution in [3.63, 3.8) is 0 Å². The molecule has 1 heterocycles. The zero-order chi connectivity index (χ0) is 18.6. The van der Waals surface area contributed by atoms with Gasteiger partial charge in [-0.05, 0) is 55.2 Å². The average Bonchev–Trinajstić information content (AvgIpc) is 3.51. The largest absolute Gasteiger partial charge is 0.491 e. The summed E-state index contributed by atoms with van der Waals surface area (Å²) in [5, 5.41) is 15.6. The molecule has 2 N–H and O–H groups in total. The lowest BCUT2D eigenvalue weighted by Gasteiger charge is -2.33. The number of rotatable bonds is 8. The standard InChI is InChI=1S/C22H29ClN2O2/c23-21-12-17(13-25-10-3-4-18(14-25)24-9-11-26)19-5-1-2-6-20(19)22(21)27-15-16-7-8-16/h1-2,5-6,12,16,18,24,26H,3-4,7-11,13-15H2. The zero-order valence-corrected chi connectivity index (χ0v) is 16.5. The Bertz CT molecular complexity index is 778. The second kappa shape index (κ2) is 8.78. The van der Waals surface area contributed by atoms with Crippen LogP contribution in [-0.4, -0.2) is 48.9 Å². The highest BCUT2D eigenvalue weighted by Gasteiger charge is 2.24. The Hall–Kier alpha value is -1.33. The summed E-state index contributed by atoms with van der Waals surface area (Å²) >= 11 is 6.64. The summed E-state index contributed by atoms with van der Waals surface area (Å²) in [4.78, 5) is 2.49. The molecular formula is C22H29ClN2O2. The van der Waals surface area contributed by atoms with Gasteiger partial charge in [0.1, 0.15) is 5.75 Å². The van der Waals surface area contributed by atoms with Gasteiger partial charge in [0, 0.05) is 31.1 Å². The molecule has 0 aromatic heterocycles. The molecule has 2 aromatic rings. The molecule has 0 amide bonds. The van der Waals surface area contributed by atoms with Crippen LogP contribution in [-0.2, 0) is 6.54 Å². The van der Waals surface area contributed by atoms with Crippen LogP contribution in [0.5, 0.6) is 5.75 Å². The highest BCUT2D eigenvalue weighted by Crippen LogP contribution is 2.38. The summed E-state index contributed by atoms with van der Waals surface area (Å²) in [5.41, 5.74) is 1.26. The maximum absolute atomic E-state index is 9.05. The highest BCUT2D eigenvalue weighted by molar-refractivity contribution is 6.33. The maximum atomic E-state index is 9.05. The molecule has 2 aliphatic rings. The summed E-state index contributed by atoms with van der Waals surface area (Å²) in [5.74, 6) is 1.54. The Morgan fingerprint density at radius 3 is 2.78 bits per heavy atom. The number of likely N-dealkylation sites (tertiary alicyclic amines) is 1. The Labute approximate surface area is 166 Å². The monoisotopic (exact) mass is 388 g/mol. The minimum Gasteiger partial charge on any atom is -0.491 e. The van der Waals surface area contributed by atoms with E-state index in [4.69, 9.17) is 21.4 Å². The van der Waals surface area contributed by atoms with E-state index >= 15 is 0 Å². The normalized spacial score (nSPS) is 20.9. The van der Waals surface area contributed by atoms with Crippen LogP contribution >= 0.6 is 11.6 Å². The van der Waals surface area contributed by atoms with E-state index in [1.165, 1.54) is 36.6 Å². The second-order valence-corrected chi connectivity index (χ2v) is 8.31. The predicted octanol–water partition coefficient (Wildman–Crippen LogP) is 3.83. The molecule has 1 aliphatic heterocycles. The van der Waals surface area contributed by atoms with E-state index in [0.29, 0.717) is 18.5 Å². The molecule has 1 aliphatic carbocycles. The number of hydrogen-bond donors (Lipinski definition) is 2. The molecule has 1 atom stereocenters. The number of nitrogens with zero attached hydrogens (tertiary/aromatic N) is 1. The molecule has 4 nitrogen and oxygen atoms in total. The highest BCUT2D eigenvalue weighted by atomic mass is 35.5. The average molecular weight is 389 g/mol. The van der Waals surface area contributed by atoms with Crippen LogP contribution in [0.4, 0.5) is 0 Å². The molecule has 1 saturated heterocycles. The Balaban J connectivity index is 1.53. The van der Waals surface area contributed by atoms with Crippen molar-refractivity contribution in [2.45, 2.75) is 38.3 Å². The van der Waals surface area contributed by atoms with Crippen LogP contribution in [0.1, 0.15) is 31.2 Å². The van der Waals surface area contributed by atoms with Crippen molar-refractivity contribution in [3.8, 4) is 5.75 Å². The van der Waals surface area contributed by atoms with Crippen LogP contribution in [0.15, 0.2) is 30.3 Å². The lowest BCUT2D eigenvalue weighted by molar-refractivity contribution is 0.177. The summed E-state index contributed by atoms with van der Waals surface area (Å²) in [6.45, 7) is 4.63. The van der Waals surface area contributed by atoms with Crippen LogP contribution in [0.25, 0.3) is 10.8 Å². The number of aliphatic hydroxyl groups is 1.